The van der Waals surface area contributed by atoms with Gasteiger partial charge in [-0.15, -0.1) is 0 Å². The van der Waals surface area contributed by atoms with E-state index in [1.165, 1.54) is 23.5 Å². The van der Waals surface area contributed by atoms with Crippen LogP contribution >= 0.6 is 0 Å². The lowest BCUT2D eigenvalue weighted by molar-refractivity contribution is -0.606. The molecule has 5 rings (SSSR count). The van der Waals surface area contributed by atoms with Crippen molar-refractivity contribution in [2.75, 3.05) is 31.1 Å². The molecule has 0 spiro atoms. The molecule has 1 amide bonds. The number of pyridine rings is 2. The quantitative estimate of drug-likeness (QED) is 0.323. The number of carbonyl (C=O) groups excluding carboxylic acids is 1. The SMILES string of the molecule is O=C(O)Oc1cn(C2CC2)c2cc(N3CCN(C(=O)OCc4ccc[n+]([O-])c4)CC3)c(F)cc2c1=O. The van der Waals surface area contributed by atoms with Crippen LogP contribution in [-0.4, -0.2) is 53.0 Å². The van der Waals surface area contributed by atoms with Crippen LogP contribution < -0.4 is 19.8 Å². The van der Waals surface area contributed by atoms with Crippen molar-refractivity contribution in [3.63, 3.8) is 0 Å². The Hall–Kier alpha value is -4.35. The van der Waals surface area contributed by atoms with Gasteiger partial charge in [0.1, 0.15) is 12.4 Å². The van der Waals surface area contributed by atoms with Gasteiger partial charge in [0.25, 0.3) is 0 Å². The predicted octanol–water partition coefficient (Wildman–Crippen LogP) is 2.62. The molecule has 1 saturated carbocycles. The first-order valence-electron chi connectivity index (χ1n) is 11.4. The summed E-state index contributed by atoms with van der Waals surface area (Å²) < 4.78 is 27.5. The number of piperazine rings is 1. The second-order valence-corrected chi connectivity index (χ2v) is 8.75. The summed E-state index contributed by atoms with van der Waals surface area (Å²) in [5.74, 6) is -0.984. The molecule has 0 radical (unpaired) electrons. The van der Waals surface area contributed by atoms with E-state index in [0.29, 0.717) is 47.7 Å². The minimum atomic E-state index is -1.61. The highest BCUT2D eigenvalue weighted by molar-refractivity contribution is 5.85. The van der Waals surface area contributed by atoms with Crippen molar-refractivity contribution in [1.82, 2.24) is 9.47 Å². The van der Waals surface area contributed by atoms with Gasteiger partial charge in [0.05, 0.1) is 28.4 Å². The highest BCUT2D eigenvalue weighted by Crippen LogP contribution is 2.39. The fourth-order valence-electron chi connectivity index (χ4n) is 4.35. The Kier molecular flexibility index (Phi) is 6.08. The molecule has 1 aliphatic heterocycles. The van der Waals surface area contributed by atoms with Gasteiger partial charge in [-0.1, -0.05) is 0 Å². The Morgan fingerprint density at radius 1 is 1.19 bits per heavy atom. The number of benzene rings is 1. The molecule has 12 heteroatoms. The van der Waals surface area contributed by atoms with E-state index in [-0.39, 0.29) is 23.8 Å². The highest BCUT2D eigenvalue weighted by atomic mass is 19.1. The molecule has 188 valence electrons. The van der Waals surface area contributed by atoms with Crippen LogP contribution in [0.3, 0.4) is 0 Å². The summed E-state index contributed by atoms with van der Waals surface area (Å²) >= 11 is 0. The number of rotatable bonds is 5. The monoisotopic (exact) mass is 498 g/mol. The molecule has 3 aromatic rings. The Morgan fingerprint density at radius 3 is 2.61 bits per heavy atom. The summed E-state index contributed by atoms with van der Waals surface area (Å²) in [6, 6.07) is 6.03. The highest BCUT2D eigenvalue weighted by Gasteiger charge is 2.29. The first-order valence-corrected chi connectivity index (χ1v) is 11.4. The molecular formula is C24H23FN4O7. The van der Waals surface area contributed by atoms with E-state index in [2.05, 4.69) is 4.74 Å². The Balaban J connectivity index is 1.32. The van der Waals surface area contributed by atoms with Gasteiger partial charge in [0.15, 0.2) is 18.1 Å². The average Bonchev–Trinajstić information content (AvgIpc) is 3.70. The molecule has 0 atom stereocenters. The number of amides is 1. The van der Waals surface area contributed by atoms with E-state index in [4.69, 9.17) is 9.84 Å². The van der Waals surface area contributed by atoms with Crippen LogP contribution in [0.5, 0.6) is 5.75 Å². The molecule has 1 aliphatic carbocycles. The largest absolute Gasteiger partial charge is 0.619 e. The molecule has 11 nitrogen and oxygen atoms in total. The molecule has 0 unspecified atom stereocenters. The van der Waals surface area contributed by atoms with Crippen LogP contribution in [0, 0.1) is 11.0 Å². The number of anilines is 1. The minimum absolute atomic E-state index is 0.0340. The maximum Gasteiger partial charge on any atom is 0.511 e. The lowest BCUT2D eigenvalue weighted by Crippen LogP contribution is -2.49. The third kappa shape index (κ3) is 4.74. The molecule has 2 aliphatic rings. The minimum Gasteiger partial charge on any atom is -0.619 e. The maximum atomic E-state index is 15.1. The van der Waals surface area contributed by atoms with Crippen molar-refractivity contribution in [2.24, 2.45) is 0 Å². The molecule has 36 heavy (non-hydrogen) atoms. The van der Waals surface area contributed by atoms with Gasteiger partial charge in [-0.05, 0) is 31.0 Å². The zero-order valence-corrected chi connectivity index (χ0v) is 19.1. The topological polar surface area (TPSA) is 128 Å². The second-order valence-electron chi connectivity index (χ2n) is 8.75. The molecule has 1 saturated heterocycles. The van der Waals surface area contributed by atoms with Crippen molar-refractivity contribution in [2.45, 2.75) is 25.5 Å². The molecule has 2 fully saturated rings. The second kappa shape index (κ2) is 9.36. The number of nitrogens with zero attached hydrogens (tertiary/aromatic N) is 4. The van der Waals surface area contributed by atoms with E-state index >= 15 is 4.39 Å². The zero-order valence-electron chi connectivity index (χ0n) is 19.1. The number of ether oxygens (including phenoxy) is 2. The zero-order chi connectivity index (χ0) is 25.4. The first-order chi connectivity index (χ1) is 17.3. The first kappa shape index (κ1) is 23.4. The van der Waals surface area contributed by atoms with Gasteiger partial charge < -0.3 is 34.2 Å². The summed E-state index contributed by atoms with van der Waals surface area (Å²) in [6.07, 6.45) is 3.61. The maximum absolute atomic E-state index is 15.1. The van der Waals surface area contributed by atoms with E-state index in [9.17, 15) is 19.6 Å². The summed E-state index contributed by atoms with van der Waals surface area (Å²) in [7, 11) is 0. The summed E-state index contributed by atoms with van der Waals surface area (Å²) in [5, 5.41) is 20.3. The summed E-state index contributed by atoms with van der Waals surface area (Å²) in [5.41, 5.74) is 0.664. The third-order valence-electron chi connectivity index (χ3n) is 6.28. The Morgan fingerprint density at radius 2 is 1.94 bits per heavy atom. The number of fused-ring (bicyclic) bond motifs is 1. The van der Waals surface area contributed by atoms with Crippen LogP contribution in [0.1, 0.15) is 24.4 Å². The molecular weight excluding hydrogens is 475 g/mol. The van der Waals surface area contributed by atoms with Crippen molar-refractivity contribution in [3.05, 3.63) is 69.7 Å². The van der Waals surface area contributed by atoms with E-state index in [1.807, 2.05) is 0 Å². The molecule has 2 aromatic heterocycles. The van der Waals surface area contributed by atoms with Gasteiger partial charge >= 0.3 is 12.2 Å². The van der Waals surface area contributed by atoms with Crippen LogP contribution in [0.2, 0.25) is 0 Å². The number of hydrogen-bond acceptors (Lipinski definition) is 7. The van der Waals surface area contributed by atoms with Crippen molar-refractivity contribution < 1.29 is 33.3 Å². The molecule has 1 aromatic carbocycles. The lowest BCUT2D eigenvalue weighted by atomic mass is 10.1. The van der Waals surface area contributed by atoms with E-state index in [1.54, 1.807) is 27.7 Å². The number of aromatic nitrogens is 2. The van der Waals surface area contributed by atoms with Gasteiger partial charge in [0, 0.05) is 38.3 Å². The number of carbonyl (C=O) groups is 2. The predicted molar refractivity (Wildman–Crippen MR) is 124 cm³/mol. The van der Waals surface area contributed by atoms with Crippen LogP contribution in [0.15, 0.2) is 47.7 Å². The molecule has 0 bridgehead atoms. The van der Waals surface area contributed by atoms with Crippen LogP contribution in [0.25, 0.3) is 10.9 Å². The Bertz CT molecular complexity index is 1400. The van der Waals surface area contributed by atoms with E-state index in [0.717, 1.165) is 18.9 Å². The normalized spacial score (nSPS) is 15.7. The number of carboxylic acid groups (broad SMARTS) is 1. The van der Waals surface area contributed by atoms with Crippen molar-refractivity contribution in [3.8, 4) is 5.75 Å². The number of halogens is 1. The van der Waals surface area contributed by atoms with Crippen LogP contribution in [-0.2, 0) is 11.3 Å². The van der Waals surface area contributed by atoms with Gasteiger partial charge in [0.2, 0.25) is 5.43 Å². The van der Waals surface area contributed by atoms with Gasteiger partial charge in [-0.3, -0.25) is 4.79 Å². The molecule has 3 heterocycles. The summed E-state index contributed by atoms with van der Waals surface area (Å²) in [6.45, 7) is 1.25. The third-order valence-corrected chi connectivity index (χ3v) is 6.28. The van der Waals surface area contributed by atoms with Crippen molar-refractivity contribution >= 4 is 28.8 Å². The fraction of sp³-hybridized carbons (Fsp3) is 0.333. The lowest BCUT2D eigenvalue weighted by Gasteiger charge is -2.35. The standard InChI is InChI=1S/C24H23FN4O7/c25-18-10-17-19(29(16-3-4-16)13-21(22(17)30)36-24(32)33)11-20(18)26-6-8-27(9-7-26)23(31)35-14-15-2-1-5-28(34)12-15/h1-2,5,10-13,16H,3-4,6-9,14H2,(H,32,33). The van der Waals surface area contributed by atoms with Crippen molar-refractivity contribution in [1.29, 1.82) is 0 Å². The van der Waals surface area contributed by atoms with Gasteiger partial charge in [-0.25, -0.2) is 14.0 Å². The van der Waals surface area contributed by atoms with E-state index < -0.39 is 23.5 Å². The fourth-order valence-corrected chi connectivity index (χ4v) is 4.35. The smallest absolute Gasteiger partial charge is 0.511 e. The summed E-state index contributed by atoms with van der Waals surface area (Å²) in [4.78, 5) is 39.5. The van der Waals surface area contributed by atoms with Gasteiger partial charge in [-0.2, -0.15) is 4.73 Å². The Labute approximate surface area is 204 Å². The van der Waals surface area contributed by atoms with Crippen LogP contribution in [0.4, 0.5) is 19.7 Å². The average molecular weight is 498 g/mol. The molecule has 1 N–H and O–H groups in total. The number of hydrogen-bond donors (Lipinski definition) is 1.